The molecule has 2 aromatic rings. The Labute approximate surface area is 190 Å². The molecule has 4 rings (SSSR count). The number of carbonyl (C=O) groups is 2. The molecule has 0 aliphatic carbocycles. The molecule has 2 saturated heterocycles. The van der Waals surface area contributed by atoms with Crippen molar-refractivity contribution < 1.29 is 14.3 Å². The molecular formula is C26H33N3O3. The van der Waals surface area contributed by atoms with E-state index in [9.17, 15) is 9.59 Å². The normalized spacial score (nSPS) is 19.2. The first-order valence-corrected chi connectivity index (χ1v) is 11.5. The van der Waals surface area contributed by atoms with Crippen LogP contribution in [0.15, 0.2) is 54.6 Å². The summed E-state index contributed by atoms with van der Waals surface area (Å²) in [6.07, 6.45) is 4.45. The van der Waals surface area contributed by atoms with E-state index in [0.717, 1.165) is 75.1 Å². The second-order valence-electron chi connectivity index (χ2n) is 8.98. The van der Waals surface area contributed by atoms with Gasteiger partial charge in [-0.2, -0.15) is 0 Å². The lowest BCUT2D eigenvalue weighted by Crippen LogP contribution is -2.45. The first-order valence-electron chi connectivity index (χ1n) is 11.5. The van der Waals surface area contributed by atoms with Crippen molar-refractivity contribution in [1.29, 1.82) is 0 Å². The van der Waals surface area contributed by atoms with Gasteiger partial charge in [-0.3, -0.25) is 9.59 Å². The van der Waals surface area contributed by atoms with Crippen LogP contribution in [-0.2, 0) is 16.1 Å². The van der Waals surface area contributed by atoms with E-state index in [4.69, 9.17) is 4.74 Å². The highest BCUT2D eigenvalue weighted by atomic mass is 16.5. The van der Waals surface area contributed by atoms with Crippen LogP contribution in [-0.4, -0.2) is 55.4 Å². The van der Waals surface area contributed by atoms with Gasteiger partial charge in [-0.15, -0.1) is 0 Å². The minimum Gasteiger partial charge on any atom is -0.497 e. The lowest BCUT2D eigenvalue weighted by molar-refractivity contribution is -0.138. The number of amides is 2. The van der Waals surface area contributed by atoms with Gasteiger partial charge < -0.3 is 19.9 Å². The van der Waals surface area contributed by atoms with Crippen molar-refractivity contribution in [1.82, 2.24) is 15.1 Å². The van der Waals surface area contributed by atoms with Gasteiger partial charge in [0.25, 0.3) is 0 Å². The SMILES string of the molecule is COc1ccc(CN2CCC3(CCN(CCC(NC=O)c4ccccc4)CC3)C2=O)cc1. The van der Waals surface area contributed by atoms with Gasteiger partial charge in [-0.1, -0.05) is 42.5 Å². The zero-order valence-corrected chi connectivity index (χ0v) is 18.8. The Hall–Kier alpha value is -2.86. The van der Waals surface area contributed by atoms with E-state index in [2.05, 4.69) is 22.3 Å². The predicted molar refractivity (Wildman–Crippen MR) is 124 cm³/mol. The van der Waals surface area contributed by atoms with Crippen LogP contribution in [0.25, 0.3) is 0 Å². The fourth-order valence-corrected chi connectivity index (χ4v) is 5.09. The largest absolute Gasteiger partial charge is 0.497 e. The van der Waals surface area contributed by atoms with Gasteiger partial charge in [0.2, 0.25) is 12.3 Å². The molecule has 2 aliphatic heterocycles. The summed E-state index contributed by atoms with van der Waals surface area (Å²) in [5.74, 6) is 1.15. The molecule has 32 heavy (non-hydrogen) atoms. The first kappa shape index (κ1) is 22.3. The number of rotatable bonds is 9. The van der Waals surface area contributed by atoms with E-state index in [1.54, 1.807) is 7.11 Å². The zero-order valence-electron chi connectivity index (χ0n) is 18.8. The summed E-state index contributed by atoms with van der Waals surface area (Å²) in [4.78, 5) is 28.8. The van der Waals surface area contributed by atoms with Crippen molar-refractivity contribution in [2.24, 2.45) is 5.41 Å². The standard InChI is InChI=1S/C26H33N3O3/c1-32-23-9-7-21(8-10-23)19-29-18-14-26(25(29)31)12-16-28(17-13-26)15-11-24(27-20-30)22-5-3-2-4-6-22/h2-10,20,24H,11-19H2,1H3,(H,27,30). The Kier molecular flexibility index (Phi) is 7.10. The molecule has 0 bridgehead atoms. The number of piperidine rings is 1. The van der Waals surface area contributed by atoms with Gasteiger partial charge in [-0.05, 0) is 62.0 Å². The van der Waals surface area contributed by atoms with E-state index >= 15 is 0 Å². The summed E-state index contributed by atoms with van der Waals surface area (Å²) in [5, 5.41) is 2.95. The number of hydrogen-bond donors (Lipinski definition) is 1. The molecule has 1 unspecified atom stereocenters. The number of nitrogens with one attached hydrogen (secondary N) is 1. The van der Waals surface area contributed by atoms with Crippen LogP contribution in [0.1, 0.15) is 42.9 Å². The van der Waals surface area contributed by atoms with Crippen LogP contribution in [0.4, 0.5) is 0 Å². The molecule has 6 nitrogen and oxygen atoms in total. The third kappa shape index (κ3) is 4.96. The van der Waals surface area contributed by atoms with E-state index in [-0.39, 0.29) is 11.5 Å². The Morgan fingerprint density at radius 1 is 1.03 bits per heavy atom. The summed E-state index contributed by atoms with van der Waals surface area (Å²) in [7, 11) is 1.66. The summed E-state index contributed by atoms with van der Waals surface area (Å²) in [5.41, 5.74) is 2.08. The minimum absolute atomic E-state index is 0.0256. The molecule has 2 heterocycles. The van der Waals surface area contributed by atoms with Gasteiger partial charge in [0.05, 0.1) is 18.6 Å². The van der Waals surface area contributed by atoms with Gasteiger partial charge in [0.15, 0.2) is 0 Å². The van der Waals surface area contributed by atoms with Gasteiger partial charge in [-0.25, -0.2) is 0 Å². The first-order chi connectivity index (χ1) is 15.6. The molecule has 0 radical (unpaired) electrons. The zero-order chi connectivity index (χ0) is 22.4. The molecule has 2 aromatic carbocycles. The van der Waals surface area contributed by atoms with Gasteiger partial charge >= 0.3 is 0 Å². The maximum Gasteiger partial charge on any atom is 0.229 e. The Balaban J connectivity index is 1.28. The van der Waals surface area contributed by atoms with Crippen molar-refractivity contribution in [3.8, 4) is 5.75 Å². The lowest BCUT2D eigenvalue weighted by Gasteiger charge is -2.38. The van der Waals surface area contributed by atoms with Gasteiger partial charge in [0.1, 0.15) is 5.75 Å². The Morgan fingerprint density at radius 2 is 1.72 bits per heavy atom. The van der Waals surface area contributed by atoms with Crippen molar-refractivity contribution in [2.45, 2.75) is 38.3 Å². The average Bonchev–Trinajstić information content (AvgIpc) is 3.13. The van der Waals surface area contributed by atoms with Gasteiger partial charge in [0, 0.05) is 19.6 Å². The highest BCUT2D eigenvalue weighted by molar-refractivity contribution is 5.85. The number of nitrogens with zero attached hydrogens (tertiary/aromatic N) is 2. The molecule has 2 amide bonds. The highest BCUT2D eigenvalue weighted by Crippen LogP contribution is 2.42. The number of benzene rings is 2. The van der Waals surface area contributed by atoms with Crippen LogP contribution < -0.4 is 10.1 Å². The van der Waals surface area contributed by atoms with E-state index in [1.165, 1.54) is 0 Å². The molecule has 6 heteroatoms. The fourth-order valence-electron chi connectivity index (χ4n) is 5.09. The van der Waals surface area contributed by atoms with Crippen LogP contribution in [0.5, 0.6) is 5.75 Å². The summed E-state index contributed by atoms with van der Waals surface area (Å²) >= 11 is 0. The molecule has 0 saturated carbocycles. The van der Waals surface area contributed by atoms with Crippen LogP contribution in [0.2, 0.25) is 0 Å². The van der Waals surface area contributed by atoms with Crippen LogP contribution in [0, 0.1) is 5.41 Å². The number of likely N-dealkylation sites (tertiary alicyclic amines) is 2. The number of carbonyl (C=O) groups excluding carboxylic acids is 2. The third-order valence-corrected chi connectivity index (χ3v) is 7.15. The van der Waals surface area contributed by atoms with E-state index in [0.29, 0.717) is 12.5 Å². The van der Waals surface area contributed by atoms with Crippen molar-refractivity contribution in [3.05, 3.63) is 65.7 Å². The van der Waals surface area contributed by atoms with Crippen molar-refractivity contribution >= 4 is 12.3 Å². The number of ether oxygens (including phenoxy) is 1. The molecule has 1 spiro atoms. The topological polar surface area (TPSA) is 61.9 Å². The number of hydrogen-bond acceptors (Lipinski definition) is 4. The molecule has 0 aromatic heterocycles. The second kappa shape index (κ2) is 10.2. The van der Waals surface area contributed by atoms with Crippen LogP contribution in [0.3, 0.4) is 0 Å². The predicted octanol–water partition coefficient (Wildman–Crippen LogP) is 3.39. The minimum atomic E-state index is -0.192. The maximum atomic E-state index is 13.3. The third-order valence-electron chi connectivity index (χ3n) is 7.15. The Bertz CT molecular complexity index is 892. The summed E-state index contributed by atoms with van der Waals surface area (Å²) in [6, 6.07) is 18.1. The van der Waals surface area contributed by atoms with E-state index < -0.39 is 0 Å². The average molecular weight is 436 g/mol. The smallest absolute Gasteiger partial charge is 0.229 e. The monoisotopic (exact) mass is 435 g/mol. The molecule has 1 atom stereocenters. The quantitative estimate of drug-likeness (QED) is 0.614. The summed E-state index contributed by atoms with van der Waals surface area (Å²) < 4.78 is 5.23. The Morgan fingerprint density at radius 3 is 2.38 bits per heavy atom. The van der Waals surface area contributed by atoms with Crippen molar-refractivity contribution in [3.63, 3.8) is 0 Å². The molecule has 2 fully saturated rings. The molecule has 1 N–H and O–H groups in total. The van der Waals surface area contributed by atoms with E-state index in [1.807, 2.05) is 47.4 Å². The fraction of sp³-hybridized carbons (Fsp3) is 0.462. The van der Waals surface area contributed by atoms with Crippen molar-refractivity contribution in [2.75, 3.05) is 33.3 Å². The van der Waals surface area contributed by atoms with Crippen LogP contribution >= 0.6 is 0 Å². The lowest BCUT2D eigenvalue weighted by atomic mass is 9.77. The second-order valence-corrected chi connectivity index (χ2v) is 8.98. The molecule has 170 valence electrons. The molecular weight excluding hydrogens is 402 g/mol. The maximum absolute atomic E-state index is 13.3. The molecule has 2 aliphatic rings. The number of methoxy groups -OCH3 is 1. The highest BCUT2D eigenvalue weighted by Gasteiger charge is 2.47. The summed E-state index contributed by atoms with van der Waals surface area (Å²) in [6.45, 7) is 4.30.